The van der Waals surface area contributed by atoms with Crippen LogP contribution in [0.3, 0.4) is 0 Å². The topological polar surface area (TPSA) is 105 Å². The number of nitrogens with zero attached hydrogens (tertiary/aromatic N) is 1. The van der Waals surface area contributed by atoms with Crippen molar-refractivity contribution in [1.29, 1.82) is 0 Å². The third kappa shape index (κ3) is 6.94. The van der Waals surface area contributed by atoms with Crippen LogP contribution in [0.1, 0.15) is 21.5 Å². The zero-order valence-electron chi connectivity index (χ0n) is 22.2. The highest BCUT2D eigenvalue weighted by Crippen LogP contribution is 2.35. The molecule has 4 rings (SSSR count). The van der Waals surface area contributed by atoms with Gasteiger partial charge in [-0.15, -0.1) is 0 Å². The Morgan fingerprint density at radius 1 is 0.905 bits per heavy atom. The number of ether oxygens (including phenoxy) is 2. The third-order valence-electron chi connectivity index (χ3n) is 6.25. The first kappa shape index (κ1) is 31.5. The molecular formula is C29H24ClF2IN2O6S. The molecule has 8 nitrogen and oxygen atoms in total. The van der Waals surface area contributed by atoms with Gasteiger partial charge in [-0.2, -0.15) is 4.31 Å². The van der Waals surface area contributed by atoms with E-state index in [9.17, 15) is 18.3 Å². The van der Waals surface area contributed by atoms with E-state index in [4.69, 9.17) is 21.1 Å². The van der Waals surface area contributed by atoms with Crippen molar-refractivity contribution in [3.63, 3.8) is 0 Å². The quantitative estimate of drug-likeness (QED) is 0.159. The van der Waals surface area contributed by atoms with Crippen molar-refractivity contribution in [1.82, 2.24) is 4.31 Å². The van der Waals surface area contributed by atoms with E-state index in [1.165, 1.54) is 26.4 Å². The largest absolute Gasteiger partial charge is 0.497 e. The van der Waals surface area contributed by atoms with Gasteiger partial charge in [0.25, 0.3) is 0 Å². The average Bonchev–Trinajstić information content (AvgIpc) is 2.96. The Kier molecular flexibility index (Phi) is 9.92. The molecule has 0 saturated carbocycles. The van der Waals surface area contributed by atoms with E-state index in [1.807, 2.05) is 22.6 Å². The van der Waals surface area contributed by atoms with Gasteiger partial charge in [0.1, 0.15) is 16.4 Å². The molecule has 4 aromatic rings. The lowest BCUT2D eigenvalue weighted by Crippen LogP contribution is -2.31. The molecule has 0 bridgehead atoms. The second-order valence-electron chi connectivity index (χ2n) is 8.95. The highest BCUT2D eigenvalue weighted by atomic mass is 127. The Balaban J connectivity index is 1.81. The fourth-order valence-corrected chi connectivity index (χ4v) is 6.44. The summed E-state index contributed by atoms with van der Waals surface area (Å²) in [4.78, 5) is 11.0. The Morgan fingerprint density at radius 3 is 1.88 bits per heavy atom. The number of hydrogen-bond acceptors (Lipinski definition) is 6. The molecule has 0 unspecified atom stereocenters. The van der Waals surface area contributed by atoms with Crippen molar-refractivity contribution in [2.24, 2.45) is 0 Å². The number of methoxy groups -OCH3 is 2. The minimum absolute atomic E-state index is 0.106. The Labute approximate surface area is 260 Å². The summed E-state index contributed by atoms with van der Waals surface area (Å²) >= 11 is 8.19. The molecule has 0 aromatic heterocycles. The number of carboxylic acid groups (broad SMARTS) is 1. The van der Waals surface area contributed by atoms with Gasteiger partial charge in [-0.1, -0.05) is 35.9 Å². The summed E-state index contributed by atoms with van der Waals surface area (Å²) in [6.45, 7) is -0.472. The van der Waals surface area contributed by atoms with E-state index in [-0.39, 0.29) is 23.8 Å². The first-order chi connectivity index (χ1) is 19.9. The molecule has 0 aliphatic heterocycles. The summed E-state index contributed by atoms with van der Waals surface area (Å²) in [5.74, 6) is -4.01. The summed E-state index contributed by atoms with van der Waals surface area (Å²) in [5.41, 5.74) is -0.401. The number of carboxylic acids is 1. The molecule has 0 amide bonds. The Bertz CT molecular complexity index is 1670. The minimum atomic E-state index is -4.80. The van der Waals surface area contributed by atoms with E-state index in [1.54, 1.807) is 54.6 Å². The molecule has 13 heteroatoms. The molecule has 0 aliphatic rings. The van der Waals surface area contributed by atoms with Crippen LogP contribution in [0.5, 0.6) is 11.5 Å². The van der Waals surface area contributed by atoms with Crippen LogP contribution in [0, 0.1) is 15.2 Å². The molecule has 2 N–H and O–H groups in total. The van der Waals surface area contributed by atoms with E-state index < -0.39 is 43.8 Å². The van der Waals surface area contributed by atoms with Gasteiger partial charge in [-0.05, 0) is 82.2 Å². The van der Waals surface area contributed by atoms with Crippen LogP contribution in [0.25, 0.3) is 0 Å². The van der Waals surface area contributed by atoms with Crippen molar-refractivity contribution in [2.75, 3.05) is 19.5 Å². The highest BCUT2D eigenvalue weighted by Gasteiger charge is 2.33. The van der Waals surface area contributed by atoms with Gasteiger partial charge in [0.2, 0.25) is 10.0 Å². The zero-order chi connectivity index (χ0) is 30.6. The molecule has 0 radical (unpaired) electrons. The van der Waals surface area contributed by atoms with Crippen LogP contribution >= 0.6 is 34.2 Å². The molecule has 0 heterocycles. The second-order valence-corrected chi connectivity index (χ2v) is 12.5. The van der Waals surface area contributed by atoms with Crippen molar-refractivity contribution in [3.8, 4) is 11.5 Å². The smallest absolute Gasteiger partial charge is 0.337 e. The normalized spacial score (nSPS) is 11.4. The van der Waals surface area contributed by atoms with Crippen LogP contribution in [0.4, 0.5) is 20.2 Å². The molecule has 220 valence electrons. The number of rotatable bonds is 11. The zero-order valence-corrected chi connectivity index (χ0v) is 25.9. The number of carbonyl (C=O) groups is 1. The van der Waals surface area contributed by atoms with Crippen molar-refractivity contribution in [3.05, 3.63) is 110 Å². The van der Waals surface area contributed by atoms with Gasteiger partial charge in [-0.25, -0.2) is 22.0 Å². The van der Waals surface area contributed by atoms with Gasteiger partial charge >= 0.3 is 5.97 Å². The molecule has 0 spiro atoms. The van der Waals surface area contributed by atoms with Crippen LogP contribution in [-0.4, -0.2) is 38.0 Å². The summed E-state index contributed by atoms with van der Waals surface area (Å²) < 4.78 is 71.0. The maximum Gasteiger partial charge on any atom is 0.337 e. The second kappa shape index (κ2) is 13.2. The fourth-order valence-electron chi connectivity index (χ4n) is 4.04. The van der Waals surface area contributed by atoms with Crippen LogP contribution < -0.4 is 14.8 Å². The number of nitrogens with one attached hydrogen (secondary N) is 1. The highest BCUT2D eigenvalue weighted by molar-refractivity contribution is 14.1. The van der Waals surface area contributed by atoms with Gasteiger partial charge in [0.05, 0.1) is 36.2 Å². The number of halogens is 4. The van der Waals surface area contributed by atoms with Gasteiger partial charge < -0.3 is 19.9 Å². The van der Waals surface area contributed by atoms with Gasteiger partial charge in [0, 0.05) is 16.7 Å². The summed E-state index contributed by atoms with van der Waals surface area (Å²) in [7, 11) is -1.84. The Hall–Kier alpha value is -3.46. The van der Waals surface area contributed by atoms with E-state index in [0.717, 1.165) is 7.88 Å². The number of anilines is 2. The predicted molar refractivity (Wildman–Crippen MR) is 163 cm³/mol. The van der Waals surface area contributed by atoms with Gasteiger partial charge in [0.15, 0.2) is 11.6 Å². The lowest BCUT2D eigenvalue weighted by Gasteiger charge is -2.24. The van der Waals surface area contributed by atoms with Crippen molar-refractivity contribution in [2.45, 2.75) is 18.0 Å². The van der Waals surface area contributed by atoms with Crippen molar-refractivity contribution < 1.29 is 36.6 Å². The van der Waals surface area contributed by atoms with Crippen molar-refractivity contribution >= 4 is 61.6 Å². The predicted octanol–water partition coefficient (Wildman–Crippen LogP) is 7.07. The average molecular weight is 729 g/mol. The number of hydrogen-bond donors (Lipinski definition) is 2. The minimum Gasteiger partial charge on any atom is -0.497 e. The first-order valence-corrected chi connectivity index (χ1v) is 15.1. The number of benzene rings is 4. The maximum absolute atomic E-state index is 15.6. The molecule has 0 atom stereocenters. The lowest BCUT2D eigenvalue weighted by atomic mass is 10.1. The van der Waals surface area contributed by atoms with Crippen LogP contribution in [0.15, 0.2) is 77.7 Å². The molecule has 0 aliphatic carbocycles. The molecular weight excluding hydrogens is 705 g/mol. The van der Waals surface area contributed by atoms with Gasteiger partial charge in [-0.3, -0.25) is 0 Å². The van der Waals surface area contributed by atoms with E-state index in [0.29, 0.717) is 28.7 Å². The SMILES string of the molecule is COc1ccc(CN(Cc2ccc(OC)cc2)S(=O)(=O)c2cc(C(=O)O)c(Nc3ccc(I)cc3Cl)c(F)c2F)cc1. The summed E-state index contributed by atoms with van der Waals surface area (Å²) in [6, 6.07) is 18.3. The third-order valence-corrected chi connectivity index (χ3v) is 9.02. The molecule has 0 fully saturated rings. The summed E-state index contributed by atoms with van der Waals surface area (Å²) in [5, 5.41) is 12.5. The molecule has 4 aromatic carbocycles. The molecule has 42 heavy (non-hydrogen) atoms. The maximum atomic E-state index is 15.6. The lowest BCUT2D eigenvalue weighted by molar-refractivity contribution is 0.0697. The first-order valence-electron chi connectivity index (χ1n) is 12.2. The standard InChI is InChI=1S/C29H24ClF2IN2O6S/c1-40-20-8-3-17(4-9-20)15-35(16-18-5-10-21(41-2)11-6-18)42(38,39)25-14-22(29(36)37)28(27(32)26(25)31)34-24-12-7-19(33)13-23(24)30/h3-14,34H,15-16H2,1-2H3,(H,36,37). The fraction of sp³-hybridized carbons (Fsp3) is 0.138. The number of aromatic carboxylic acids is 1. The summed E-state index contributed by atoms with van der Waals surface area (Å²) in [6.07, 6.45) is 0. The van der Waals surface area contributed by atoms with Crippen LogP contribution in [-0.2, 0) is 23.1 Å². The molecule has 0 saturated heterocycles. The Morgan fingerprint density at radius 2 is 1.43 bits per heavy atom. The monoisotopic (exact) mass is 728 g/mol. The van der Waals surface area contributed by atoms with Crippen LogP contribution in [0.2, 0.25) is 5.02 Å². The number of sulfonamides is 1. The van der Waals surface area contributed by atoms with E-state index >= 15 is 8.78 Å². The van der Waals surface area contributed by atoms with E-state index in [2.05, 4.69) is 5.32 Å².